The summed E-state index contributed by atoms with van der Waals surface area (Å²) in [6.07, 6.45) is 0. The number of benzene rings is 1. The molecule has 1 N–H and O–H groups in total. The lowest BCUT2D eigenvalue weighted by molar-refractivity contribution is 0.102. The highest BCUT2D eigenvalue weighted by Gasteiger charge is 2.18. The molecule has 0 saturated heterocycles. The van der Waals surface area contributed by atoms with Gasteiger partial charge >= 0.3 is 0 Å². The molecule has 2 aromatic heterocycles. The van der Waals surface area contributed by atoms with Crippen molar-refractivity contribution >= 4 is 17.4 Å². The predicted molar refractivity (Wildman–Crippen MR) is 81.6 cm³/mol. The summed E-state index contributed by atoms with van der Waals surface area (Å²) >= 11 is 0. The van der Waals surface area contributed by atoms with Crippen molar-refractivity contribution in [2.45, 2.75) is 13.8 Å². The molecule has 0 aliphatic heterocycles. The van der Waals surface area contributed by atoms with Crippen molar-refractivity contribution in [1.29, 1.82) is 5.26 Å². The van der Waals surface area contributed by atoms with Crippen LogP contribution in [-0.4, -0.2) is 20.5 Å². The lowest BCUT2D eigenvalue weighted by atomic mass is 10.2. The standard InChI is InChI=1S/C16H13N5O/c1-10-8-11(2)21-15(18-10)13(9-17)14(20-21)19-16(22)12-6-4-3-5-7-12/h3-8H,1-2H3,(H,19,20,22). The largest absolute Gasteiger partial charge is 0.304 e. The lowest BCUT2D eigenvalue weighted by Crippen LogP contribution is -2.13. The first kappa shape index (κ1) is 13.8. The molecule has 3 rings (SSSR count). The van der Waals surface area contributed by atoms with Crippen LogP contribution in [0.2, 0.25) is 0 Å². The van der Waals surface area contributed by atoms with Gasteiger partial charge in [-0.3, -0.25) is 4.79 Å². The zero-order valence-electron chi connectivity index (χ0n) is 12.2. The minimum atomic E-state index is -0.310. The van der Waals surface area contributed by atoms with Crippen molar-refractivity contribution in [2.24, 2.45) is 0 Å². The number of rotatable bonds is 2. The molecule has 0 bridgehead atoms. The fourth-order valence-electron chi connectivity index (χ4n) is 2.28. The number of hydrogen-bond acceptors (Lipinski definition) is 4. The van der Waals surface area contributed by atoms with Crippen LogP contribution in [0, 0.1) is 25.2 Å². The maximum atomic E-state index is 12.2. The topological polar surface area (TPSA) is 83.1 Å². The summed E-state index contributed by atoms with van der Waals surface area (Å²) in [7, 11) is 0. The summed E-state index contributed by atoms with van der Waals surface area (Å²) in [5.41, 5.74) is 2.85. The molecule has 1 amide bonds. The number of amides is 1. The van der Waals surface area contributed by atoms with Gasteiger partial charge in [0.25, 0.3) is 5.91 Å². The molecule has 3 aromatic rings. The van der Waals surface area contributed by atoms with Crippen molar-refractivity contribution < 1.29 is 4.79 Å². The Balaban J connectivity index is 2.07. The van der Waals surface area contributed by atoms with E-state index in [2.05, 4.69) is 21.5 Å². The second-order valence-corrected chi connectivity index (χ2v) is 4.93. The van der Waals surface area contributed by atoms with Gasteiger partial charge < -0.3 is 5.32 Å². The number of nitrogens with one attached hydrogen (secondary N) is 1. The van der Waals surface area contributed by atoms with Crippen LogP contribution in [0.1, 0.15) is 27.3 Å². The van der Waals surface area contributed by atoms with Crippen LogP contribution in [0.15, 0.2) is 36.4 Å². The Morgan fingerprint density at radius 1 is 1.27 bits per heavy atom. The third kappa shape index (κ3) is 2.29. The highest BCUT2D eigenvalue weighted by atomic mass is 16.1. The van der Waals surface area contributed by atoms with E-state index in [1.807, 2.05) is 26.0 Å². The average molecular weight is 291 g/mol. The lowest BCUT2D eigenvalue weighted by Gasteiger charge is -2.01. The molecule has 22 heavy (non-hydrogen) atoms. The number of aromatic nitrogens is 3. The van der Waals surface area contributed by atoms with Crippen molar-refractivity contribution in [3.05, 3.63) is 58.9 Å². The number of nitriles is 1. The van der Waals surface area contributed by atoms with E-state index < -0.39 is 0 Å². The average Bonchev–Trinajstić information content (AvgIpc) is 2.85. The second kappa shape index (κ2) is 5.30. The van der Waals surface area contributed by atoms with E-state index in [1.165, 1.54) is 0 Å². The number of fused-ring (bicyclic) bond motifs is 1. The summed E-state index contributed by atoms with van der Waals surface area (Å²) < 4.78 is 1.56. The first-order valence-corrected chi connectivity index (χ1v) is 6.73. The van der Waals surface area contributed by atoms with E-state index in [9.17, 15) is 10.1 Å². The molecule has 0 radical (unpaired) electrons. The van der Waals surface area contributed by atoms with Crippen LogP contribution >= 0.6 is 0 Å². The van der Waals surface area contributed by atoms with E-state index in [0.29, 0.717) is 11.2 Å². The van der Waals surface area contributed by atoms with Crippen molar-refractivity contribution in [2.75, 3.05) is 5.32 Å². The monoisotopic (exact) mass is 291 g/mol. The summed E-state index contributed by atoms with van der Waals surface area (Å²) in [5, 5.41) is 16.3. The van der Waals surface area contributed by atoms with Crippen LogP contribution in [0.3, 0.4) is 0 Å². The number of carbonyl (C=O) groups excluding carboxylic acids is 1. The zero-order chi connectivity index (χ0) is 15.7. The summed E-state index contributed by atoms with van der Waals surface area (Å²) in [6.45, 7) is 3.72. The highest BCUT2D eigenvalue weighted by molar-refractivity contribution is 6.04. The van der Waals surface area contributed by atoms with Gasteiger partial charge in [-0.15, -0.1) is 5.10 Å². The third-order valence-corrected chi connectivity index (χ3v) is 3.27. The summed E-state index contributed by atoms with van der Waals surface area (Å²) in [4.78, 5) is 16.6. The van der Waals surface area contributed by atoms with Crippen LogP contribution in [0.5, 0.6) is 0 Å². The predicted octanol–water partition coefficient (Wildman–Crippen LogP) is 2.47. The third-order valence-electron chi connectivity index (χ3n) is 3.27. The van der Waals surface area contributed by atoms with E-state index >= 15 is 0 Å². The van der Waals surface area contributed by atoms with Crippen molar-refractivity contribution in [1.82, 2.24) is 14.6 Å². The number of hydrogen-bond donors (Lipinski definition) is 1. The van der Waals surface area contributed by atoms with Gasteiger partial charge in [0, 0.05) is 17.0 Å². The molecule has 108 valence electrons. The summed E-state index contributed by atoms with van der Waals surface area (Å²) in [6, 6.07) is 12.7. The number of nitrogens with zero attached hydrogens (tertiary/aromatic N) is 4. The Labute approximate surface area is 127 Å². The summed E-state index contributed by atoms with van der Waals surface area (Å²) in [5.74, 6) is -0.0903. The van der Waals surface area contributed by atoms with Gasteiger partial charge in [-0.1, -0.05) is 18.2 Å². The molecule has 0 fully saturated rings. The van der Waals surface area contributed by atoms with E-state index in [0.717, 1.165) is 11.4 Å². The van der Waals surface area contributed by atoms with Crippen LogP contribution in [-0.2, 0) is 0 Å². The highest BCUT2D eigenvalue weighted by Crippen LogP contribution is 2.20. The molecule has 0 atom stereocenters. The molecule has 1 aromatic carbocycles. The van der Waals surface area contributed by atoms with Gasteiger partial charge in [0.15, 0.2) is 11.5 Å². The Morgan fingerprint density at radius 2 is 2.00 bits per heavy atom. The van der Waals surface area contributed by atoms with Gasteiger partial charge in [-0.05, 0) is 32.0 Å². The van der Waals surface area contributed by atoms with E-state index in [-0.39, 0.29) is 17.3 Å². The molecule has 6 heteroatoms. The maximum absolute atomic E-state index is 12.2. The first-order chi connectivity index (χ1) is 10.6. The van der Waals surface area contributed by atoms with Gasteiger partial charge in [-0.2, -0.15) is 5.26 Å². The van der Waals surface area contributed by atoms with Gasteiger partial charge in [0.1, 0.15) is 11.6 Å². The molecule has 0 spiro atoms. The van der Waals surface area contributed by atoms with Gasteiger partial charge in [-0.25, -0.2) is 9.50 Å². The molecule has 2 heterocycles. The SMILES string of the molecule is Cc1cc(C)n2nc(NC(=O)c3ccccc3)c(C#N)c2n1. The van der Waals surface area contributed by atoms with E-state index in [4.69, 9.17) is 0 Å². The smallest absolute Gasteiger partial charge is 0.256 e. The van der Waals surface area contributed by atoms with E-state index in [1.54, 1.807) is 28.8 Å². The minimum Gasteiger partial charge on any atom is -0.304 e. The maximum Gasteiger partial charge on any atom is 0.256 e. The second-order valence-electron chi connectivity index (χ2n) is 4.93. The first-order valence-electron chi connectivity index (χ1n) is 6.73. The Bertz CT molecular complexity index is 906. The molecule has 0 unspecified atom stereocenters. The Kier molecular flexibility index (Phi) is 3.31. The number of anilines is 1. The molecule has 0 saturated carbocycles. The quantitative estimate of drug-likeness (QED) is 0.786. The van der Waals surface area contributed by atoms with Crippen LogP contribution in [0.25, 0.3) is 5.65 Å². The Morgan fingerprint density at radius 3 is 2.68 bits per heavy atom. The normalized spacial score (nSPS) is 10.4. The van der Waals surface area contributed by atoms with Crippen LogP contribution < -0.4 is 5.32 Å². The molecule has 0 aliphatic rings. The molecule has 0 aliphatic carbocycles. The van der Waals surface area contributed by atoms with Gasteiger partial charge in [0.05, 0.1) is 0 Å². The molecular formula is C16H13N5O. The minimum absolute atomic E-state index is 0.220. The number of carbonyl (C=O) groups is 1. The zero-order valence-corrected chi connectivity index (χ0v) is 12.2. The fraction of sp³-hybridized carbons (Fsp3) is 0.125. The van der Waals surface area contributed by atoms with Gasteiger partial charge in [0.2, 0.25) is 0 Å². The molecule has 6 nitrogen and oxygen atoms in total. The van der Waals surface area contributed by atoms with Crippen LogP contribution in [0.4, 0.5) is 5.82 Å². The fourth-order valence-corrected chi connectivity index (χ4v) is 2.28. The number of aryl methyl sites for hydroxylation is 2. The van der Waals surface area contributed by atoms with Crippen molar-refractivity contribution in [3.63, 3.8) is 0 Å². The van der Waals surface area contributed by atoms with Crippen molar-refractivity contribution in [3.8, 4) is 6.07 Å². The Hall–Kier alpha value is -3.20. The molecular weight excluding hydrogens is 278 g/mol.